The van der Waals surface area contributed by atoms with Crippen molar-refractivity contribution in [3.63, 3.8) is 0 Å². The molecule has 0 bridgehead atoms. The van der Waals surface area contributed by atoms with Gasteiger partial charge in [-0.05, 0) is 73.6 Å². The minimum Gasteiger partial charge on any atom is -0.370 e. The number of hydrogen-bond donors (Lipinski definition) is 1. The van der Waals surface area contributed by atoms with E-state index in [0.717, 1.165) is 31.0 Å². The van der Waals surface area contributed by atoms with Gasteiger partial charge >= 0.3 is 0 Å². The van der Waals surface area contributed by atoms with Crippen molar-refractivity contribution in [2.45, 2.75) is 32.7 Å². The van der Waals surface area contributed by atoms with Crippen molar-refractivity contribution in [1.29, 1.82) is 0 Å². The molecule has 2 nitrogen and oxygen atoms in total. The summed E-state index contributed by atoms with van der Waals surface area (Å²) in [6, 6.07) is 15.1. The Morgan fingerprint density at radius 1 is 1.09 bits per heavy atom. The molecule has 1 aliphatic rings. The van der Waals surface area contributed by atoms with E-state index in [-0.39, 0.29) is 6.04 Å². The predicted octanol–water partition coefficient (Wildman–Crippen LogP) is 4.35. The van der Waals surface area contributed by atoms with Gasteiger partial charge < -0.3 is 10.6 Å². The van der Waals surface area contributed by atoms with Gasteiger partial charge in [0.1, 0.15) is 0 Å². The summed E-state index contributed by atoms with van der Waals surface area (Å²) in [5, 5.41) is 0.814. The molecule has 0 spiro atoms. The van der Waals surface area contributed by atoms with Crippen LogP contribution in [-0.4, -0.2) is 19.1 Å². The van der Waals surface area contributed by atoms with E-state index in [1.807, 2.05) is 12.1 Å². The molecule has 2 aromatic carbocycles. The summed E-state index contributed by atoms with van der Waals surface area (Å²) < 4.78 is 0. The predicted molar refractivity (Wildman–Crippen MR) is 99.4 cm³/mol. The first-order valence-corrected chi connectivity index (χ1v) is 8.71. The summed E-state index contributed by atoms with van der Waals surface area (Å²) >= 11 is 6.11. The second-order valence-electron chi connectivity index (χ2n) is 6.87. The van der Waals surface area contributed by atoms with Crippen LogP contribution in [0.15, 0.2) is 42.5 Å². The fraction of sp³-hybridized carbons (Fsp3) is 0.400. The maximum absolute atomic E-state index is 6.34. The molecule has 0 aromatic heterocycles. The summed E-state index contributed by atoms with van der Waals surface area (Å²) in [5.41, 5.74) is 11.6. The molecule has 1 saturated heterocycles. The molecule has 1 heterocycles. The Kier molecular flexibility index (Phi) is 4.93. The van der Waals surface area contributed by atoms with Crippen LogP contribution in [0, 0.1) is 19.8 Å². The molecule has 0 aliphatic carbocycles. The Balaban J connectivity index is 1.74. The normalized spacial score (nSPS) is 21.5. The van der Waals surface area contributed by atoms with Gasteiger partial charge in [-0.15, -0.1) is 0 Å². The van der Waals surface area contributed by atoms with Gasteiger partial charge in [0.15, 0.2) is 0 Å². The van der Waals surface area contributed by atoms with Crippen LogP contribution in [0.3, 0.4) is 0 Å². The molecule has 3 rings (SSSR count). The molecular weight excluding hydrogens is 304 g/mol. The summed E-state index contributed by atoms with van der Waals surface area (Å²) in [6.45, 7) is 6.33. The molecule has 1 fully saturated rings. The first-order chi connectivity index (χ1) is 11.0. The second-order valence-corrected chi connectivity index (χ2v) is 7.31. The van der Waals surface area contributed by atoms with Crippen LogP contribution < -0.4 is 10.6 Å². The first-order valence-electron chi connectivity index (χ1n) is 8.33. The monoisotopic (exact) mass is 328 g/mol. The number of nitrogens with two attached hydrogens (primary N) is 1. The average Bonchev–Trinajstić information content (AvgIpc) is 2.49. The fourth-order valence-electron chi connectivity index (χ4n) is 3.52. The maximum atomic E-state index is 6.34. The summed E-state index contributed by atoms with van der Waals surface area (Å²) in [4.78, 5) is 2.44. The van der Waals surface area contributed by atoms with Crippen molar-refractivity contribution in [2.75, 3.05) is 18.0 Å². The zero-order chi connectivity index (χ0) is 16.4. The molecule has 2 unspecified atom stereocenters. The van der Waals surface area contributed by atoms with Gasteiger partial charge in [0.05, 0.1) is 0 Å². The SMILES string of the molecule is Cc1ccc(N2CC(N)CC(Cc3cccc(Cl)c3)C2)cc1C. The summed E-state index contributed by atoms with van der Waals surface area (Å²) in [5.74, 6) is 0.568. The van der Waals surface area contributed by atoms with E-state index >= 15 is 0 Å². The quantitative estimate of drug-likeness (QED) is 0.907. The minimum absolute atomic E-state index is 0.231. The molecule has 0 saturated carbocycles. The highest BCUT2D eigenvalue weighted by atomic mass is 35.5. The van der Waals surface area contributed by atoms with Gasteiger partial charge in [-0.3, -0.25) is 0 Å². The lowest BCUT2D eigenvalue weighted by molar-refractivity contribution is 0.374. The van der Waals surface area contributed by atoms with Crippen molar-refractivity contribution in [1.82, 2.24) is 0 Å². The zero-order valence-electron chi connectivity index (χ0n) is 13.9. The minimum atomic E-state index is 0.231. The highest BCUT2D eigenvalue weighted by Gasteiger charge is 2.25. The second kappa shape index (κ2) is 6.94. The largest absolute Gasteiger partial charge is 0.370 e. The molecule has 0 radical (unpaired) electrons. The Bertz CT molecular complexity index is 683. The molecule has 2 N–H and O–H groups in total. The third-order valence-electron chi connectivity index (χ3n) is 4.84. The van der Waals surface area contributed by atoms with Crippen LogP contribution in [-0.2, 0) is 6.42 Å². The van der Waals surface area contributed by atoms with Crippen molar-refractivity contribution < 1.29 is 0 Å². The Labute approximate surface area is 144 Å². The third kappa shape index (κ3) is 4.07. The van der Waals surface area contributed by atoms with Gasteiger partial charge in [-0.2, -0.15) is 0 Å². The average molecular weight is 329 g/mol. The van der Waals surface area contributed by atoms with E-state index in [0.29, 0.717) is 5.92 Å². The van der Waals surface area contributed by atoms with Crippen LogP contribution in [0.2, 0.25) is 5.02 Å². The van der Waals surface area contributed by atoms with Crippen LogP contribution in [0.4, 0.5) is 5.69 Å². The fourth-order valence-corrected chi connectivity index (χ4v) is 3.74. The van der Waals surface area contributed by atoms with Gasteiger partial charge in [-0.1, -0.05) is 29.8 Å². The van der Waals surface area contributed by atoms with E-state index in [9.17, 15) is 0 Å². The van der Waals surface area contributed by atoms with Crippen LogP contribution in [0.1, 0.15) is 23.1 Å². The Morgan fingerprint density at radius 2 is 1.91 bits per heavy atom. The van der Waals surface area contributed by atoms with Gasteiger partial charge in [0, 0.05) is 29.8 Å². The number of aryl methyl sites for hydroxylation is 2. The summed E-state index contributed by atoms with van der Waals surface area (Å²) in [6.07, 6.45) is 2.11. The lowest BCUT2D eigenvalue weighted by Gasteiger charge is -2.38. The van der Waals surface area contributed by atoms with E-state index < -0.39 is 0 Å². The molecule has 122 valence electrons. The van der Waals surface area contributed by atoms with Crippen LogP contribution in [0.25, 0.3) is 0 Å². The molecule has 2 atom stereocenters. The molecule has 0 amide bonds. The topological polar surface area (TPSA) is 29.3 Å². The van der Waals surface area contributed by atoms with Crippen molar-refractivity contribution in [3.05, 3.63) is 64.2 Å². The van der Waals surface area contributed by atoms with E-state index in [2.05, 4.69) is 49.1 Å². The maximum Gasteiger partial charge on any atom is 0.0408 e. The van der Waals surface area contributed by atoms with Crippen molar-refractivity contribution in [2.24, 2.45) is 11.7 Å². The molecule has 3 heteroatoms. The molecule has 2 aromatic rings. The van der Waals surface area contributed by atoms with Gasteiger partial charge in [0.25, 0.3) is 0 Å². The van der Waals surface area contributed by atoms with Crippen LogP contribution in [0.5, 0.6) is 0 Å². The number of piperidine rings is 1. The number of nitrogens with zero attached hydrogens (tertiary/aromatic N) is 1. The number of hydrogen-bond acceptors (Lipinski definition) is 2. The lowest BCUT2D eigenvalue weighted by atomic mass is 9.88. The number of benzene rings is 2. The molecule has 1 aliphatic heterocycles. The number of anilines is 1. The van der Waals surface area contributed by atoms with Crippen molar-refractivity contribution >= 4 is 17.3 Å². The van der Waals surface area contributed by atoms with Gasteiger partial charge in [-0.25, -0.2) is 0 Å². The van der Waals surface area contributed by atoms with Crippen molar-refractivity contribution in [3.8, 4) is 0 Å². The smallest absolute Gasteiger partial charge is 0.0408 e. The first kappa shape index (κ1) is 16.4. The zero-order valence-corrected chi connectivity index (χ0v) is 14.7. The third-order valence-corrected chi connectivity index (χ3v) is 5.07. The highest BCUT2D eigenvalue weighted by molar-refractivity contribution is 6.30. The molecule has 23 heavy (non-hydrogen) atoms. The molecular formula is C20H25ClN2. The lowest BCUT2D eigenvalue weighted by Crippen LogP contribution is -2.47. The standard InChI is InChI=1S/C20H25ClN2/c1-14-6-7-20(8-15(14)2)23-12-17(11-19(22)13-23)9-16-4-3-5-18(21)10-16/h3-8,10,17,19H,9,11-13,22H2,1-2H3. The number of rotatable bonds is 3. The summed E-state index contributed by atoms with van der Waals surface area (Å²) in [7, 11) is 0. The Morgan fingerprint density at radius 3 is 2.65 bits per heavy atom. The Hall–Kier alpha value is -1.51. The number of halogens is 1. The van der Waals surface area contributed by atoms with E-state index in [1.54, 1.807) is 0 Å². The van der Waals surface area contributed by atoms with E-state index in [1.165, 1.54) is 22.4 Å². The van der Waals surface area contributed by atoms with Gasteiger partial charge in [0.2, 0.25) is 0 Å². The van der Waals surface area contributed by atoms with E-state index in [4.69, 9.17) is 17.3 Å². The van der Waals surface area contributed by atoms with Crippen LogP contribution >= 0.6 is 11.6 Å². The highest BCUT2D eigenvalue weighted by Crippen LogP contribution is 2.27.